The average molecular weight is 369 g/mol. The Morgan fingerprint density at radius 3 is 2.88 bits per heavy atom. The molecule has 0 bridgehead atoms. The normalized spacial score (nSPS) is 11.5. The Kier molecular flexibility index (Phi) is 5.28. The quantitative estimate of drug-likeness (QED) is 0.300. The van der Waals surface area contributed by atoms with E-state index >= 15 is 0 Å². The number of thioether (sulfide) groups is 1. The lowest BCUT2D eigenvalue weighted by atomic mass is 10.1. The number of para-hydroxylation sites is 2. The van der Waals surface area contributed by atoms with Crippen molar-refractivity contribution in [1.82, 2.24) is 15.4 Å². The van der Waals surface area contributed by atoms with Crippen LogP contribution in [-0.4, -0.2) is 32.3 Å². The lowest BCUT2D eigenvalue weighted by Crippen LogP contribution is -2.21. The van der Waals surface area contributed by atoms with Gasteiger partial charge in [0.2, 0.25) is 0 Å². The van der Waals surface area contributed by atoms with E-state index in [2.05, 4.69) is 20.5 Å². The Hall–Kier alpha value is -3.20. The van der Waals surface area contributed by atoms with Gasteiger partial charge >= 0.3 is 0 Å². The van der Waals surface area contributed by atoms with Crippen LogP contribution in [0.1, 0.15) is 12.5 Å². The third-order valence-electron chi connectivity index (χ3n) is 3.53. The number of rotatable bonds is 6. The van der Waals surface area contributed by atoms with E-state index in [9.17, 15) is 14.9 Å². The van der Waals surface area contributed by atoms with Gasteiger partial charge in [-0.25, -0.2) is 10.4 Å². The highest BCUT2D eigenvalue weighted by Crippen LogP contribution is 2.19. The zero-order valence-corrected chi connectivity index (χ0v) is 14.6. The van der Waals surface area contributed by atoms with Crippen molar-refractivity contribution in [2.45, 2.75) is 12.1 Å². The first kappa shape index (κ1) is 17.6. The summed E-state index contributed by atoms with van der Waals surface area (Å²) in [6.07, 6.45) is 0. The molecular weight excluding hydrogens is 354 g/mol. The third-order valence-corrected chi connectivity index (χ3v) is 4.40. The van der Waals surface area contributed by atoms with Gasteiger partial charge in [-0.3, -0.25) is 14.9 Å². The Bertz CT molecular complexity index is 966. The van der Waals surface area contributed by atoms with Gasteiger partial charge in [0.15, 0.2) is 5.16 Å². The van der Waals surface area contributed by atoms with Crippen LogP contribution in [0.5, 0.6) is 0 Å². The molecule has 0 unspecified atom stereocenters. The number of aromatic amines is 1. The van der Waals surface area contributed by atoms with E-state index in [4.69, 9.17) is 0 Å². The molecule has 1 heterocycles. The van der Waals surface area contributed by atoms with Crippen LogP contribution in [0.2, 0.25) is 0 Å². The minimum absolute atomic E-state index is 0.0242. The summed E-state index contributed by atoms with van der Waals surface area (Å²) < 4.78 is 0. The summed E-state index contributed by atoms with van der Waals surface area (Å²) in [5.41, 5.74) is 5.24. The highest BCUT2D eigenvalue weighted by molar-refractivity contribution is 7.99. The molecule has 0 saturated carbocycles. The Balaban J connectivity index is 1.58. The molecule has 1 aromatic heterocycles. The third kappa shape index (κ3) is 4.25. The molecule has 0 aliphatic rings. The number of carbonyl (C=O) groups excluding carboxylic acids is 1. The second kappa shape index (κ2) is 7.79. The number of fused-ring (bicyclic) bond motifs is 1. The minimum Gasteiger partial charge on any atom is -0.333 e. The molecule has 0 saturated heterocycles. The van der Waals surface area contributed by atoms with Gasteiger partial charge in [0.05, 0.1) is 27.4 Å². The molecule has 2 N–H and O–H groups in total. The maximum absolute atomic E-state index is 12.0. The van der Waals surface area contributed by atoms with Crippen molar-refractivity contribution >= 4 is 40.1 Å². The molecular formula is C17H15N5O3S. The molecule has 1 amide bonds. The largest absolute Gasteiger partial charge is 0.333 e. The highest BCUT2D eigenvalue weighted by Gasteiger charge is 2.09. The van der Waals surface area contributed by atoms with Crippen molar-refractivity contribution in [2.24, 2.45) is 5.10 Å². The summed E-state index contributed by atoms with van der Waals surface area (Å²) in [4.78, 5) is 29.8. The Morgan fingerprint density at radius 2 is 2.12 bits per heavy atom. The van der Waals surface area contributed by atoms with Gasteiger partial charge in [-0.05, 0) is 19.1 Å². The number of amides is 1. The smallest absolute Gasteiger partial charge is 0.270 e. The average Bonchev–Trinajstić information content (AvgIpc) is 3.07. The number of nitrogens with zero attached hydrogens (tertiary/aromatic N) is 3. The number of imidazole rings is 1. The first-order chi connectivity index (χ1) is 12.5. The van der Waals surface area contributed by atoms with E-state index in [0.717, 1.165) is 11.0 Å². The summed E-state index contributed by atoms with van der Waals surface area (Å²) in [5.74, 6) is -0.147. The number of nitrogens with one attached hydrogen (secondary N) is 2. The van der Waals surface area contributed by atoms with Gasteiger partial charge in [-0.2, -0.15) is 5.10 Å². The van der Waals surface area contributed by atoms with Crippen LogP contribution in [0, 0.1) is 10.1 Å². The van der Waals surface area contributed by atoms with Crippen LogP contribution in [0.3, 0.4) is 0 Å². The molecule has 26 heavy (non-hydrogen) atoms. The number of aromatic nitrogens is 2. The monoisotopic (exact) mass is 369 g/mol. The number of nitro groups is 1. The number of benzene rings is 2. The van der Waals surface area contributed by atoms with Crippen molar-refractivity contribution in [2.75, 3.05) is 5.75 Å². The first-order valence-corrected chi connectivity index (χ1v) is 8.67. The number of carbonyl (C=O) groups is 1. The number of hydrogen-bond donors (Lipinski definition) is 2. The van der Waals surface area contributed by atoms with Gasteiger partial charge in [0.25, 0.3) is 11.6 Å². The van der Waals surface area contributed by atoms with Crippen LogP contribution >= 0.6 is 11.8 Å². The number of hydrazone groups is 1. The van der Waals surface area contributed by atoms with Gasteiger partial charge in [0.1, 0.15) is 0 Å². The fourth-order valence-corrected chi connectivity index (χ4v) is 2.90. The first-order valence-electron chi connectivity index (χ1n) is 7.68. The van der Waals surface area contributed by atoms with E-state index in [0.29, 0.717) is 16.4 Å². The van der Waals surface area contributed by atoms with Crippen LogP contribution in [0.4, 0.5) is 5.69 Å². The van der Waals surface area contributed by atoms with Crippen molar-refractivity contribution in [1.29, 1.82) is 0 Å². The minimum atomic E-state index is -0.473. The lowest BCUT2D eigenvalue weighted by molar-refractivity contribution is -0.384. The van der Waals surface area contributed by atoms with Gasteiger partial charge in [-0.1, -0.05) is 36.0 Å². The van der Waals surface area contributed by atoms with Crippen LogP contribution in [-0.2, 0) is 4.79 Å². The van der Waals surface area contributed by atoms with E-state index in [1.54, 1.807) is 19.1 Å². The van der Waals surface area contributed by atoms with Crippen LogP contribution in [0.15, 0.2) is 58.8 Å². The number of nitro benzene ring substituents is 1. The molecule has 0 aliphatic carbocycles. The molecule has 132 valence electrons. The van der Waals surface area contributed by atoms with Gasteiger partial charge < -0.3 is 4.98 Å². The molecule has 0 fully saturated rings. The lowest BCUT2D eigenvalue weighted by Gasteiger charge is -2.02. The van der Waals surface area contributed by atoms with E-state index in [1.165, 1.54) is 23.9 Å². The second-order valence-corrected chi connectivity index (χ2v) is 6.35. The molecule has 0 spiro atoms. The summed E-state index contributed by atoms with van der Waals surface area (Å²) in [6, 6.07) is 13.7. The van der Waals surface area contributed by atoms with Crippen molar-refractivity contribution in [3.05, 3.63) is 64.2 Å². The molecule has 2 aromatic carbocycles. The van der Waals surface area contributed by atoms with Gasteiger partial charge in [-0.15, -0.1) is 0 Å². The number of hydrogen-bond acceptors (Lipinski definition) is 6. The Morgan fingerprint density at radius 1 is 1.31 bits per heavy atom. The van der Waals surface area contributed by atoms with Crippen LogP contribution < -0.4 is 5.43 Å². The van der Waals surface area contributed by atoms with E-state index < -0.39 is 4.92 Å². The molecule has 0 radical (unpaired) electrons. The summed E-state index contributed by atoms with van der Waals surface area (Å²) in [6.45, 7) is 1.67. The highest BCUT2D eigenvalue weighted by atomic mass is 32.2. The van der Waals surface area contributed by atoms with Gasteiger partial charge in [0, 0.05) is 17.7 Å². The van der Waals surface area contributed by atoms with Crippen LogP contribution in [0.25, 0.3) is 11.0 Å². The SMILES string of the molecule is C/C(=N/NC(=O)CSc1nc2ccccc2[nH]1)c1cccc([N+](=O)[O-])c1. The molecule has 0 atom stereocenters. The zero-order chi connectivity index (χ0) is 18.5. The van der Waals surface area contributed by atoms with E-state index in [1.807, 2.05) is 24.3 Å². The van der Waals surface area contributed by atoms with Crippen molar-refractivity contribution in [3.63, 3.8) is 0 Å². The molecule has 3 rings (SSSR count). The van der Waals surface area contributed by atoms with E-state index in [-0.39, 0.29) is 17.3 Å². The predicted octanol–water partition coefficient (Wildman–Crippen LogP) is 3.10. The summed E-state index contributed by atoms with van der Waals surface area (Å²) in [5, 5.41) is 15.5. The standard InChI is InChI=1S/C17H15N5O3S/c1-11(12-5-4-6-13(9-12)22(24)25)20-21-16(23)10-26-17-18-14-7-2-3-8-15(14)19-17/h2-9H,10H2,1H3,(H,18,19)(H,21,23)/b20-11-. The Labute approximate surface area is 152 Å². The summed E-state index contributed by atoms with van der Waals surface area (Å²) in [7, 11) is 0. The van der Waals surface area contributed by atoms with Crippen molar-refractivity contribution in [3.8, 4) is 0 Å². The summed E-state index contributed by atoms with van der Waals surface area (Å²) >= 11 is 1.27. The second-order valence-electron chi connectivity index (χ2n) is 5.39. The number of non-ortho nitro benzene ring substituents is 1. The maximum atomic E-state index is 12.0. The zero-order valence-electron chi connectivity index (χ0n) is 13.8. The molecule has 8 nitrogen and oxygen atoms in total. The molecule has 0 aliphatic heterocycles. The maximum Gasteiger partial charge on any atom is 0.270 e. The number of H-pyrrole nitrogens is 1. The fraction of sp³-hybridized carbons (Fsp3) is 0.118. The molecule has 9 heteroatoms. The fourth-order valence-electron chi connectivity index (χ4n) is 2.22. The topological polar surface area (TPSA) is 113 Å². The predicted molar refractivity (Wildman–Crippen MR) is 100 cm³/mol. The molecule has 3 aromatic rings. The van der Waals surface area contributed by atoms with Crippen molar-refractivity contribution < 1.29 is 9.72 Å².